The largest absolute Gasteiger partial charge is 0.444 e. The van der Waals surface area contributed by atoms with Crippen molar-refractivity contribution in [3.8, 4) is 0 Å². The van der Waals surface area contributed by atoms with Gasteiger partial charge in [0.1, 0.15) is 0 Å². The third-order valence-electron chi connectivity index (χ3n) is 3.88. The fraction of sp³-hybridized carbons (Fsp3) is 0.211. The van der Waals surface area contributed by atoms with Crippen LogP contribution in [-0.4, -0.2) is 51.8 Å². The van der Waals surface area contributed by atoms with Crippen LogP contribution in [0, 0.1) is 0 Å². The highest BCUT2D eigenvalue weighted by Gasteiger charge is 2.27. The SMILES string of the molecule is CNC(=O)NC(=O)[C@@H](OC(=O)c1cccc(S(=O)(=O)N(C)C)c1)c1ccccc1. The van der Waals surface area contributed by atoms with Crippen molar-refractivity contribution in [3.63, 3.8) is 0 Å². The predicted octanol–water partition coefficient (Wildman–Crippen LogP) is 1.29. The lowest BCUT2D eigenvalue weighted by atomic mass is 10.1. The number of hydrogen-bond acceptors (Lipinski definition) is 6. The first-order chi connectivity index (χ1) is 13.7. The standard InChI is InChI=1S/C19H21N3O6S/c1-20-19(25)21-17(23)16(13-8-5-4-6-9-13)28-18(24)14-10-7-11-15(12-14)29(26,27)22(2)3/h4-12,16H,1-3H3,(H2,20,21,23,25)/t16-/m0/s1. The van der Waals surface area contributed by atoms with E-state index in [1.807, 2.05) is 0 Å². The molecule has 2 aromatic rings. The molecule has 0 saturated carbocycles. The van der Waals surface area contributed by atoms with Crippen LogP contribution in [0.1, 0.15) is 22.0 Å². The second-order valence-corrected chi connectivity index (χ2v) is 8.23. The van der Waals surface area contributed by atoms with Crippen molar-refractivity contribution in [2.24, 2.45) is 0 Å². The minimum Gasteiger partial charge on any atom is -0.444 e. The van der Waals surface area contributed by atoms with E-state index in [4.69, 9.17) is 4.74 Å². The maximum Gasteiger partial charge on any atom is 0.339 e. The highest BCUT2D eigenvalue weighted by Crippen LogP contribution is 2.21. The first-order valence-corrected chi connectivity index (χ1v) is 9.92. The number of carbonyl (C=O) groups excluding carboxylic acids is 3. The Bertz CT molecular complexity index is 1010. The molecule has 9 nitrogen and oxygen atoms in total. The van der Waals surface area contributed by atoms with Gasteiger partial charge in [0, 0.05) is 26.7 Å². The van der Waals surface area contributed by atoms with Crippen LogP contribution >= 0.6 is 0 Å². The summed E-state index contributed by atoms with van der Waals surface area (Å²) in [5, 5.41) is 4.31. The molecule has 29 heavy (non-hydrogen) atoms. The first kappa shape index (κ1) is 22.1. The summed E-state index contributed by atoms with van der Waals surface area (Å²) in [6.45, 7) is 0. The zero-order chi connectivity index (χ0) is 21.6. The van der Waals surface area contributed by atoms with Gasteiger partial charge in [-0.15, -0.1) is 0 Å². The van der Waals surface area contributed by atoms with E-state index in [0.29, 0.717) is 5.56 Å². The smallest absolute Gasteiger partial charge is 0.339 e. The van der Waals surface area contributed by atoms with Gasteiger partial charge in [-0.25, -0.2) is 22.3 Å². The van der Waals surface area contributed by atoms with Crippen LogP contribution < -0.4 is 10.6 Å². The number of sulfonamides is 1. The molecule has 0 aliphatic rings. The second-order valence-electron chi connectivity index (χ2n) is 6.08. The van der Waals surface area contributed by atoms with Gasteiger partial charge in [-0.2, -0.15) is 0 Å². The van der Waals surface area contributed by atoms with Crippen molar-refractivity contribution in [2.45, 2.75) is 11.0 Å². The van der Waals surface area contributed by atoms with Crippen LogP contribution in [0.5, 0.6) is 0 Å². The lowest BCUT2D eigenvalue weighted by Gasteiger charge is -2.18. The lowest BCUT2D eigenvalue weighted by molar-refractivity contribution is -0.129. The van der Waals surface area contributed by atoms with Crippen molar-refractivity contribution in [1.29, 1.82) is 0 Å². The summed E-state index contributed by atoms with van der Waals surface area (Å²) in [5.74, 6) is -1.76. The van der Waals surface area contributed by atoms with Crippen LogP contribution in [0.3, 0.4) is 0 Å². The second kappa shape index (κ2) is 9.30. The van der Waals surface area contributed by atoms with Gasteiger partial charge in [-0.1, -0.05) is 36.4 Å². The van der Waals surface area contributed by atoms with Crippen molar-refractivity contribution in [1.82, 2.24) is 14.9 Å². The molecule has 0 heterocycles. The van der Waals surface area contributed by atoms with E-state index >= 15 is 0 Å². The quantitative estimate of drug-likeness (QED) is 0.681. The number of carbonyl (C=O) groups is 3. The zero-order valence-electron chi connectivity index (χ0n) is 16.1. The molecular formula is C19H21N3O6S. The summed E-state index contributed by atoms with van der Waals surface area (Å²) in [7, 11) is 0.320. The molecule has 0 unspecified atom stereocenters. The van der Waals surface area contributed by atoms with Crippen molar-refractivity contribution < 1.29 is 27.5 Å². The normalized spacial score (nSPS) is 12.1. The Kier molecular flexibility index (Phi) is 7.08. The summed E-state index contributed by atoms with van der Waals surface area (Å²) in [5.41, 5.74) is 0.293. The van der Waals surface area contributed by atoms with E-state index in [1.54, 1.807) is 30.3 Å². The molecule has 0 bridgehead atoms. The minimum absolute atomic E-state index is 0.0541. The van der Waals surface area contributed by atoms with E-state index < -0.39 is 34.0 Å². The number of hydrogen-bond donors (Lipinski definition) is 2. The Balaban J connectivity index is 2.33. The molecule has 2 aromatic carbocycles. The van der Waals surface area contributed by atoms with Crippen molar-refractivity contribution in [3.05, 3.63) is 65.7 Å². The number of esters is 1. The van der Waals surface area contributed by atoms with Crippen LogP contribution in [0.4, 0.5) is 4.79 Å². The maximum absolute atomic E-state index is 12.6. The number of nitrogens with one attached hydrogen (secondary N) is 2. The van der Waals surface area contributed by atoms with Crippen LogP contribution in [0.25, 0.3) is 0 Å². The fourth-order valence-electron chi connectivity index (χ4n) is 2.31. The van der Waals surface area contributed by atoms with Crippen LogP contribution in [0.2, 0.25) is 0 Å². The number of imide groups is 1. The molecule has 1 atom stereocenters. The van der Waals surface area contributed by atoms with Crippen LogP contribution in [-0.2, 0) is 19.6 Å². The minimum atomic E-state index is -3.76. The third kappa shape index (κ3) is 5.39. The Morgan fingerprint density at radius 2 is 1.66 bits per heavy atom. The number of amides is 3. The third-order valence-corrected chi connectivity index (χ3v) is 5.69. The highest BCUT2D eigenvalue weighted by molar-refractivity contribution is 7.89. The van der Waals surface area contributed by atoms with Gasteiger partial charge in [-0.05, 0) is 18.2 Å². The fourth-order valence-corrected chi connectivity index (χ4v) is 3.26. The summed E-state index contributed by atoms with van der Waals surface area (Å²) < 4.78 is 30.9. The number of urea groups is 1. The van der Waals surface area contributed by atoms with Gasteiger partial charge in [-0.3, -0.25) is 10.1 Å². The maximum atomic E-state index is 12.6. The molecule has 154 valence electrons. The summed E-state index contributed by atoms with van der Waals surface area (Å²) in [4.78, 5) is 36.5. The molecule has 2 rings (SSSR count). The molecule has 0 aromatic heterocycles. The number of benzene rings is 2. The Morgan fingerprint density at radius 1 is 1.00 bits per heavy atom. The number of ether oxygens (including phenoxy) is 1. The molecule has 2 N–H and O–H groups in total. The van der Waals surface area contributed by atoms with Gasteiger partial charge < -0.3 is 10.1 Å². The molecule has 0 aliphatic heterocycles. The van der Waals surface area contributed by atoms with Gasteiger partial charge in [0.15, 0.2) is 0 Å². The zero-order valence-corrected chi connectivity index (χ0v) is 16.9. The van der Waals surface area contributed by atoms with Gasteiger partial charge >= 0.3 is 12.0 Å². The van der Waals surface area contributed by atoms with Gasteiger partial charge in [0.25, 0.3) is 5.91 Å². The number of nitrogens with zero attached hydrogens (tertiary/aromatic N) is 1. The Morgan fingerprint density at radius 3 is 2.24 bits per heavy atom. The van der Waals surface area contributed by atoms with E-state index in [1.165, 1.54) is 39.3 Å². The average Bonchev–Trinajstić information content (AvgIpc) is 2.72. The Hall–Kier alpha value is -3.24. The van der Waals surface area contributed by atoms with Gasteiger partial charge in [0.05, 0.1) is 10.5 Å². The molecule has 0 saturated heterocycles. The molecule has 0 spiro atoms. The molecule has 10 heteroatoms. The monoisotopic (exact) mass is 419 g/mol. The van der Waals surface area contributed by atoms with E-state index in [0.717, 1.165) is 10.4 Å². The topological polar surface area (TPSA) is 122 Å². The molecule has 3 amide bonds. The summed E-state index contributed by atoms with van der Waals surface area (Å²) in [6, 6.07) is 12.7. The average molecular weight is 419 g/mol. The summed E-state index contributed by atoms with van der Waals surface area (Å²) in [6.07, 6.45) is -1.41. The summed E-state index contributed by atoms with van der Waals surface area (Å²) >= 11 is 0. The predicted molar refractivity (Wildman–Crippen MR) is 105 cm³/mol. The Labute approximate surface area is 168 Å². The van der Waals surface area contributed by atoms with E-state index in [-0.39, 0.29) is 10.5 Å². The molecule has 0 fully saturated rings. The van der Waals surface area contributed by atoms with Crippen molar-refractivity contribution in [2.75, 3.05) is 21.1 Å². The highest BCUT2D eigenvalue weighted by atomic mass is 32.2. The first-order valence-electron chi connectivity index (χ1n) is 8.48. The van der Waals surface area contributed by atoms with Gasteiger partial charge in [0.2, 0.25) is 16.1 Å². The lowest BCUT2D eigenvalue weighted by Crippen LogP contribution is -2.41. The molecular weight excluding hydrogens is 398 g/mol. The van der Waals surface area contributed by atoms with Crippen molar-refractivity contribution >= 4 is 27.9 Å². The molecule has 0 radical (unpaired) electrons. The molecule has 0 aliphatic carbocycles. The number of rotatable bonds is 6. The van der Waals surface area contributed by atoms with E-state index in [9.17, 15) is 22.8 Å². The van der Waals surface area contributed by atoms with E-state index in [2.05, 4.69) is 10.6 Å². The van der Waals surface area contributed by atoms with Crippen LogP contribution in [0.15, 0.2) is 59.5 Å².